The van der Waals surface area contributed by atoms with Gasteiger partial charge in [-0.05, 0) is 23.8 Å². The summed E-state index contributed by atoms with van der Waals surface area (Å²) < 4.78 is 0. The highest BCUT2D eigenvalue weighted by molar-refractivity contribution is 5.37. The molecule has 47 valence electrons. The van der Waals surface area contributed by atoms with E-state index in [1.807, 2.05) is 24.3 Å². The van der Waals surface area contributed by atoms with E-state index in [-0.39, 0.29) is 0 Å². The standard InChI is InChI=1S/C10H7/c1-3-9-6-5-7-10(4-2)8-9/h1,5-8H,2H2. The van der Waals surface area contributed by atoms with Crippen LogP contribution in [0, 0.1) is 18.4 Å². The van der Waals surface area contributed by atoms with Gasteiger partial charge in [0, 0.05) is 5.56 Å². The third-order valence-corrected chi connectivity index (χ3v) is 1.23. The molecule has 0 aromatic heterocycles. The highest BCUT2D eigenvalue weighted by atomic mass is 13.9. The van der Waals surface area contributed by atoms with E-state index in [0.717, 1.165) is 11.1 Å². The van der Waals surface area contributed by atoms with Crippen LogP contribution in [0.4, 0.5) is 0 Å². The van der Waals surface area contributed by atoms with Crippen molar-refractivity contribution in [2.75, 3.05) is 0 Å². The lowest BCUT2D eigenvalue weighted by Crippen LogP contribution is -1.75. The molecule has 0 N–H and O–H groups in total. The van der Waals surface area contributed by atoms with Crippen molar-refractivity contribution in [3.05, 3.63) is 48.0 Å². The first-order valence-electron chi connectivity index (χ1n) is 2.96. The Morgan fingerprint density at radius 2 is 2.00 bits per heavy atom. The predicted molar refractivity (Wildman–Crippen MR) is 42.3 cm³/mol. The second-order valence-corrected chi connectivity index (χ2v) is 1.90. The lowest BCUT2D eigenvalue weighted by molar-refractivity contribution is 1.55. The molecule has 0 heteroatoms. The Labute approximate surface area is 61.2 Å². The third kappa shape index (κ3) is 1.27. The average Bonchev–Trinajstić information content (AvgIpc) is 2.05. The molecule has 10 heavy (non-hydrogen) atoms. The highest BCUT2D eigenvalue weighted by Gasteiger charge is 1.86. The fraction of sp³-hybridized carbons (Fsp3) is 0. The number of hydrogen-bond donors (Lipinski definition) is 0. The van der Waals surface area contributed by atoms with Gasteiger partial charge in [-0.3, -0.25) is 0 Å². The van der Waals surface area contributed by atoms with Crippen LogP contribution < -0.4 is 0 Å². The van der Waals surface area contributed by atoms with Gasteiger partial charge in [0.25, 0.3) is 0 Å². The van der Waals surface area contributed by atoms with Crippen molar-refractivity contribution in [1.82, 2.24) is 0 Å². The molecule has 1 aromatic rings. The van der Waals surface area contributed by atoms with Crippen LogP contribution in [-0.4, -0.2) is 0 Å². The van der Waals surface area contributed by atoms with E-state index in [4.69, 9.17) is 6.42 Å². The smallest absolute Gasteiger partial charge is 0.0248 e. The quantitative estimate of drug-likeness (QED) is 0.506. The molecule has 1 radical (unpaired) electrons. The van der Waals surface area contributed by atoms with Crippen LogP contribution in [0.25, 0.3) is 0 Å². The largest absolute Gasteiger partial charge is 0.115 e. The molecule has 0 aliphatic heterocycles. The fourth-order valence-electron chi connectivity index (χ4n) is 0.719. The topological polar surface area (TPSA) is 0 Å². The molecule has 0 aliphatic carbocycles. The Hall–Kier alpha value is -1.48. The average molecular weight is 127 g/mol. The second kappa shape index (κ2) is 2.89. The minimum absolute atomic E-state index is 0.869. The van der Waals surface area contributed by atoms with Gasteiger partial charge in [-0.2, -0.15) is 0 Å². The maximum absolute atomic E-state index is 5.18. The molecule has 0 atom stereocenters. The van der Waals surface area contributed by atoms with Gasteiger partial charge in [0.2, 0.25) is 0 Å². The molecule has 0 aliphatic rings. The maximum atomic E-state index is 5.18. The number of benzene rings is 1. The normalized spacial score (nSPS) is 8.30. The minimum atomic E-state index is 0.869. The van der Waals surface area contributed by atoms with Crippen LogP contribution in [0.15, 0.2) is 30.8 Å². The molecular formula is C10H7. The molecule has 0 heterocycles. The summed E-state index contributed by atoms with van der Waals surface area (Å²) in [6, 6.07) is 7.55. The summed E-state index contributed by atoms with van der Waals surface area (Å²) in [5, 5.41) is 0. The fourth-order valence-corrected chi connectivity index (χ4v) is 0.719. The zero-order valence-electron chi connectivity index (χ0n) is 5.59. The first-order valence-corrected chi connectivity index (χ1v) is 2.96. The Morgan fingerprint density at radius 1 is 1.30 bits per heavy atom. The van der Waals surface area contributed by atoms with Crippen molar-refractivity contribution in [3.8, 4) is 12.3 Å². The first kappa shape index (κ1) is 6.64. The summed E-state index contributed by atoms with van der Waals surface area (Å²) in [6.45, 7) is 3.51. The van der Waals surface area contributed by atoms with E-state index in [0.29, 0.717) is 0 Å². The van der Waals surface area contributed by atoms with E-state index in [1.165, 1.54) is 0 Å². The zero-order valence-corrected chi connectivity index (χ0v) is 5.59. The Bertz CT molecular complexity index is 276. The van der Waals surface area contributed by atoms with Gasteiger partial charge >= 0.3 is 0 Å². The van der Waals surface area contributed by atoms with Crippen LogP contribution in [0.3, 0.4) is 0 Å². The van der Waals surface area contributed by atoms with E-state index >= 15 is 0 Å². The van der Waals surface area contributed by atoms with Gasteiger partial charge < -0.3 is 0 Å². The Kier molecular flexibility index (Phi) is 1.92. The number of hydrogen-bond acceptors (Lipinski definition) is 0. The molecule has 0 amide bonds. The van der Waals surface area contributed by atoms with E-state index in [2.05, 4.69) is 18.6 Å². The van der Waals surface area contributed by atoms with Crippen molar-refractivity contribution >= 4 is 0 Å². The summed E-state index contributed by atoms with van der Waals surface area (Å²) in [4.78, 5) is 0. The molecule has 0 saturated heterocycles. The van der Waals surface area contributed by atoms with Gasteiger partial charge in [0.15, 0.2) is 0 Å². The lowest BCUT2D eigenvalue weighted by atomic mass is 10.1. The summed E-state index contributed by atoms with van der Waals surface area (Å²) in [5.41, 5.74) is 1.81. The maximum Gasteiger partial charge on any atom is 0.0248 e. The van der Waals surface area contributed by atoms with Gasteiger partial charge in [-0.1, -0.05) is 24.6 Å². The van der Waals surface area contributed by atoms with Crippen LogP contribution in [0.2, 0.25) is 0 Å². The molecular weight excluding hydrogens is 120 g/mol. The minimum Gasteiger partial charge on any atom is -0.115 e. The Morgan fingerprint density at radius 3 is 2.60 bits per heavy atom. The summed E-state index contributed by atoms with van der Waals surface area (Å²) in [5.74, 6) is 2.53. The number of rotatable bonds is 1. The second-order valence-electron chi connectivity index (χ2n) is 1.90. The summed E-state index contributed by atoms with van der Waals surface area (Å²) in [7, 11) is 0. The lowest BCUT2D eigenvalue weighted by Gasteiger charge is -1.91. The highest BCUT2D eigenvalue weighted by Crippen LogP contribution is 2.02. The molecule has 0 fully saturated rings. The van der Waals surface area contributed by atoms with Crippen molar-refractivity contribution in [2.45, 2.75) is 0 Å². The van der Waals surface area contributed by atoms with Crippen molar-refractivity contribution in [1.29, 1.82) is 0 Å². The molecule has 0 saturated carbocycles. The Balaban J connectivity index is 3.13. The van der Waals surface area contributed by atoms with Gasteiger partial charge in [-0.25, -0.2) is 0 Å². The molecule has 1 aromatic carbocycles. The summed E-state index contributed by atoms with van der Waals surface area (Å²) >= 11 is 0. The molecule has 0 nitrogen and oxygen atoms in total. The van der Waals surface area contributed by atoms with Gasteiger partial charge in [0.1, 0.15) is 0 Å². The van der Waals surface area contributed by atoms with Crippen molar-refractivity contribution in [2.24, 2.45) is 0 Å². The van der Waals surface area contributed by atoms with Gasteiger partial charge in [-0.15, -0.1) is 6.42 Å². The third-order valence-electron chi connectivity index (χ3n) is 1.23. The predicted octanol–water partition coefficient (Wildman–Crippen LogP) is 2.01. The van der Waals surface area contributed by atoms with E-state index in [1.54, 1.807) is 0 Å². The van der Waals surface area contributed by atoms with E-state index < -0.39 is 0 Å². The van der Waals surface area contributed by atoms with Crippen molar-refractivity contribution < 1.29 is 0 Å². The molecule has 1 rings (SSSR count). The molecule has 0 unspecified atom stereocenters. The first-order chi connectivity index (χ1) is 4.86. The van der Waals surface area contributed by atoms with Gasteiger partial charge in [0.05, 0.1) is 0 Å². The van der Waals surface area contributed by atoms with Crippen LogP contribution in [-0.2, 0) is 0 Å². The zero-order chi connectivity index (χ0) is 7.40. The van der Waals surface area contributed by atoms with Crippen molar-refractivity contribution in [3.63, 3.8) is 0 Å². The van der Waals surface area contributed by atoms with Crippen LogP contribution in [0.5, 0.6) is 0 Å². The molecule has 0 bridgehead atoms. The summed E-state index contributed by atoms with van der Waals surface area (Å²) in [6.07, 6.45) is 7.93. The van der Waals surface area contributed by atoms with Crippen LogP contribution in [0.1, 0.15) is 11.1 Å². The van der Waals surface area contributed by atoms with Crippen LogP contribution >= 0.6 is 0 Å². The number of terminal acetylenes is 1. The monoisotopic (exact) mass is 127 g/mol. The SMILES string of the molecule is C#Cc1cccc([C]=C)c1. The van der Waals surface area contributed by atoms with E-state index in [9.17, 15) is 0 Å². The molecule has 0 spiro atoms.